The highest BCUT2D eigenvalue weighted by Crippen LogP contribution is 2.32. The van der Waals surface area contributed by atoms with Gasteiger partial charge in [-0.3, -0.25) is 20.0 Å². The molecule has 4 rings (SSSR count). The first-order valence-electron chi connectivity index (χ1n) is 9.82. The molecule has 0 spiro atoms. The van der Waals surface area contributed by atoms with Crippen molar-refractivity contribution in [2.45, 2.75) is 26.5 Å². The van der Waals surface area contributed by atoms with Gasteiger partial charge in [0, 0.05) is 6.07 Å². The van der Waals surface area contributed by atoms with Crippen molar-refractivity contribution in [3.63, 3.8) is 0 Å². The summed E-state index contributed by atoms with van der Waals surface area (Å²) in [5, 5.41) is 1.91. The predicted molar refractivity (Wildman–Crippen MR) is 119 cm³/mol. The van der Waals surface area contributed by atoms with Gasteiger partial charge in [0.2, 0.25) is 5.43 Å². The van der Waals surface area contributed by atoms with Crippen molar-refractivity contribution in [3.05, 3.63) is 62.5 Å². The van der Waals surface area contributed by atoms with Crippen molar-refractivity contribution in [3.8, 4) is 17.2 Å². The number of nitrogens with one attached hydrogen (secondary N) is 3. The molecule has 1 aromatic heterocycles. The van der Waals surface area contributed by atoms with Crippen LogP contribution in [0.25, 0.3) is 10.9 Å². The summed E-state index contributed by atoms with van der Waals surface area (Å²) in [6, 6.07) is 10.7. The molecule has 3 aromatic rings. The summed E-state index contributed by atoms with van der Waals surface area (Å²) in [7, 11) is 3.11. The van der Waals surface area contributed by atoms with Crippen LogP contribution in [0.3, 0.4) is 0 Å². The summed E-state index contributed by atoms with van der Waals surface area (Å²) < 4.78 is 16.4. The summed E-state index contributed by atoms with van der Waals surface area (Å²) in [6.07, 6.45) is -0.0990. The number of aromatic nitrogens is 1. The minimum Gasteiger partial charge on any atom is -0.497 e. The third kappa shape index (κ3) is 3.87. The average molecular weight is 424 g/mol. The Labute approximate surface area is 178 Å². The van der Waals surface area contributed by atoms with Crippen molar-refractivity contribution in [1.82, 2.24) is 10.5 Å². The van der Waals surface area contributed by atoms with Crippen molar-refractivity contribution >= 4 is 22.3 Å². The molecule has 2 heterocycles. The molecule has 162 valence electrons. The Hall–Kier alpha value is -3.72. The first-order chi connectivity index (χ1) is 14.9. The van der Waals surface area contributed by atoms with Crippen LogP contribution in [0.5, 0.6) is 17.2 Å². The molecule has 0 saturated heterocycles. The van der Waals surface area contributed by atoms with E-state index in [-0.39, 0.29) is 22.9 Å². The van der Waals surface area contributed by atoms with Crippen LogP contribution in [0.15, 0.2) is 46.0 Å². The van der Waals surface area contributed by atoms with Gasteiger partial charge >= 0.3 is 0 Å². The Morgan fingerprint density at radius 1 is 1.00 bits per heavy atom. The maximum atomic E-state index is 13.3. The molecular formula is C22H24N4O5. The van der Waals surface area contributed by atoms with Crippen LogP contribution >= 0.6 is 0 Å². The van der Waals surface area contributed by atoms with Gasteiger partial charge in [-0.1, -0.05) is 12.1 Å². The molecule has 3 N–H and O–H groups in total. The fourth-order valence-electron chi connectivity index (χ4n) is 3.48. The minimum absolute atomic E-state index is 0.0990. The van der Waals surface area contributed by atoms with E-state index >= 15 is 0 Å². The molecule has 9 nitrogen and oxygen atoms in total. The maximum Gasteiger partial charge on any atom is 0.275 e. The number of anilines is 2. The van der Waals surface area contributed by atoms with Crippen LogP contribution in [0, 0.1) is 0 Å². The Balaban J connectivity index is 1.82. The highest BCUT2D eigenvalue weighted by atomic mass is 16.5. The lowest BCUT2D eigenvalue weighted by Gasteiger charge is -2.17. The fraction of sp³-hybridized carbons (Fsp3) is 0.273. The summed E-state index contributed by atoms with van der Waals surface area (Å²) in [6.45, 7) is 4.13. The number of methoxy groups -OCH3 is 2. The molecule has 0 atom stereocenters. The zero-order valence-electron chi connectivity index (χ0n) is 17.7. The second-order valence-corrected chi connectivity index (χ2v) is 7.39. The van der Waals surface area contributed by atoms with Crippen LogP contribution in [0.1, 0.15) is 19.4 Å². The topological polar surface area (TPSA) is 105 Å². The van der Waals surface area contributed by atoms with Gasteiger partial charge in [-0.15, -0.1) is 5.53 Å². The van der Waals surface area contributed by atoms with E-state index in [0.29, 0.717) is 28.9 Å². The fourth-order valence-corrected chi connectivity index (χ4v) is 3.48. The van der Waals surface area contributed by atoms with Crippen molar-refractivity contribution < 1.29 is 14.2 Å². The molecule has 2 aromatic carbocycles. The molecule has 9 heteroatoms. The standard InChI is InChI=1S/C22H24N4O5/c1-12(2)31-18-10-16-15(9-17(18)30-4)21(27)19-20(22(28)23-16)26(25-24-19)11-13-5-7-14(29-3)8-6-13/h5-10,12,24-25H,11H2,1-4H3,(H,23,28). The SMILES string of the molecule is COc1ccc(CN2NNc3c2c(=O)[nH]c2cc(OC(C)C)c(OC)cc2c3=O)cc1. The van der Waals surface area contributed by atoms with Gasteiger partial charge in [-0.2, -0.15) is 0 Å². The number of rotatable bonds is 6. The summed E-state index contributed by atoms with van der Waals surface area (Å²) in [4.78, 5) is 29.1. The number of aromatic amines is 1. The van der Waals surface area contributed by atoms with Gasteiger partial charge in [0.15, 0.2) is 11.5 Å². The number of hydrogen-bond acceptors (Lipinski definition) is 8. The number of nitrogens with zero attached hydrogens (tertiary/aromatic N) is 1. The summed E-state index contributed by atoms with van der Waals surface area (Å²) >= 11 is 0. The summed E-state index contributed by atoms with van der Waals surface area (Å²) in [5.74, 6) is 1.61. The van der Waals surface area contributed by atoms with Gasteiger partial charge in [-0.05, 0) is 37.6 Å². The van der Waals surface area contributed by atoms with Crippen LogP contribution in [0.4, 0.5) is 11.4 Å². The van der Waals surface area contributed by atoms with Gasteiger partial charge < -0.3 is 19.2 Å². The molecule has 1 aliphatic rings. The second kappa shape index (κ2) is 8.19. The predicted octanol–water partition coefficient (Wildman–Crippen LogP) is 2.54. The zero-order chi connectivity index (χ0) is 22.1. The van der Waals surface area contributed by atoms with E-state index in [1.54, 1.807) is 24.3 Å². The Kier molecular flexibility index (Phi) is 5.43. The smallest absolute Gasteiger partial charge is 0.275 e. The van der Waals surface area contributed by atoms with Gasteiger partial charge in [-0.25, -0.2) is 0 Å². The second-order valence-electron chi connectivity index (χ2n) is 7.39. The first kappa shape index (κ1) is 20.5. The van der Waals surface area contributed by atoms with Crippen molar-refractivity contribution in [2.75, 3.05) is 24.7 Å². The van der Waals surface area contributed by atoms with E-state index in [0.717, 1.165) is 11.3 Å². The van der Waals surface area contributed by atoms with Gasteiger partial charge in [0.05, 0.1) is 37.8 Å². The molecule has 0 aliphatic carbocycles. The Morgan fingerprint density at radius 3 is 2.39 bits per heavy atom. The third-order valence-corrected chi connectivity index (χ3v) is 4.92. The van der Waals surface area contributed by atoms with Gasteiger partial charge in [0.1, 0.15) is 17.1 Å². The van der Waals surface area contributed by atoms with E-state index < -0.39 is 5.56 Å². The number of benzene rings is 2. The van der Waals surface area contributed by atoms with Crippen LogP contribution in [0.2, 0.25) is 0 Å². The lowest BCUT2D eigenvalue weighted by molar-refractivity contribution is 0.230. The first-order valence-corrected chi connectivity index (χ1v) is 9.82. The van der Waals surface area contributed by atoms with Gasteiger partial charge in [0.25, 0.3) is 5.56 Å². The molecule has 31 heavy (non-hydrogen) atoms. The highest BCUT2D eigenvalue weighted by Gasteiger charge is 2.26. The van der Waals surface area contributed by atoms with Crippen molar-refractivity contribution in [1.29, 1.82) is 0 Å². The van der Waals surface area contributed by atoms with Crippen LogP contribution in [-0.4, -0.2) is 25.3 Å². The summed E-state index contributed by atoms with van der Waals surface area (Å²) in [5.41, 5.74) is 6.69. The molecule has 0 fully saturated rings. The largest absolute Gasteiger partial charge is 0.497 e. The maximum absolute atomic E-state index is 13.3. The molecule has 0 bridgehead atoms. The van der Waals surface area contributed by atoms with E-state index in [4.69, 9.17) is 14.2 Å². The Morgan fingerprint density at radius 2 is 1.74 bits per heavy atom. The zero-order valence-corrected chi connectivity index (χ0v) is 17.7. The van der Waals surface area contributed by atoms with E-state index in [1.807, 2.05) is 38.1 Å². The van der Waals surface area contributed by atoms with E-state index in [9.17, 15) is 9.59 Å². The number of hydrazine groups is 2. The minimum atomic E-state index is -0.409. The van der Waals surface area contributed by atoms with E-state index in [2.05, 4.69) is 15.9 Å². The number of H-pyrrole nitrogens is 1. The number of fused-ring (bicyclic) bond motifs is 2. The molecule has 0 amide bonds. The molecule has 0 unspecified atom stereocenters. The Bertz CT molecular complexity index is 1240. The van der Waals surface area contributed by atoms with Crippen LogP contribution in [-0.2, 0) is 6.54 Å². The lowest BCUT2D eigenvalue weighted by Crippen LogP contribution is -2.37. The molecule has 1 aliphatic heterocycles. The third-order valence-electron chi connectivity index (χ3n) is 4.92. The van der Waals surface area contributed by atoms with Crippen LogP contribution < -0.4 is 41.2 Å². The lowest BCUT2D eigenvalue weighted by atomic mass is 10.2. The average Bonchev–Trinajstić information content (AvgIpc) is 3.13. The monoisotopic (exact) mass is 424 g/mol. The molecule has 0 radical (unpaired) electrons. The number of hydrogen-bond donors (Lipinski definition) is 3. The quantitative estimate of drug-likeness (QED) is 0.555. The highest BCUT2D eigenvalue weighted by molar-refractivity contribution is 5.88. The molecule has 0 saturated carbocycles. The normalized spacial score (nSPS) is 12.6. The van der Waals surface area contributed by atoms with Crippen molar-refractivity contribution in [2.24, 2.45) is 0 Å². The van der Waals surface area contributed by atoms with E-state index in [1.165, 1.54) is 7.11 Å². The number of ether oxygens (including phenoxy) is 3. The molecular weight excluding hydrogens is 400 g/mol.